The van der Waals surface area contributed by atoms with Gasteiger partial charge in [-0.3, -0.25) is 4.98 Å². The number of hydrogen-bond donors (Lipinski definition) is 0. The van der Waals surface area contributed by atoms with E-state index in [0.717, 1.165) is 78.2 Å². The molecule has 3 aromatic heterocycles. The summed E-state index contributed by atoms with van der Waals surface area (Å²) in [5.74, 6) is 0.796. The third-order valence-electron chi connectivity index (χ3n) is 10.2. The summed E-state index contributed by atoms with van der Waals surface area (Å²) in [5.41, 5.74) is 15.9. The standard InChI is InChI=1S/C41H29N2O.C12H10N.Ir/c1-27-13-11-14-28(2)39(27)31-23-24-38-34(25-31)35(26-44-38)41-42-36-21-9-10-22-37(36)43(41)40-32(29-15-5-3-6-16-29)19-12-20-33(40)30-17-7-4-8-18-30;1-10-7-8-12(13-9-10)11-5-3-2-4-6-11;/h3-25H,1-2H3;2-5,7-9H,1H3;/q2*-1;/i;1D3;. The van der Waals surface area contributed by atoms with E-state index in [2.05, 4.69) is 169 Å². The van der Waals surface area contributed by atoms with Crippen molar-refractivity contribution in [1.29, 1.82) is 0 Å². The van der Waals surface area contributed by atoms with E-state index in [0.29, 0.717) is 0 Å². The van der Waals surface area contributed by atoms with E-state index in [9.17, 15) is 0 Å². The molecule has 0 N–H and O–H groups in total. The fourth-order valence-corrected chi connectivity index (χ4v) is 7.58. The van der Waals surface area contributed by atoms with Gasteiger partial charge in [-0.2, -0.15) is 0 Å². The van der Waals surface area contributed by atoms with Crippen molar-refractivity contribution in [3.63, 3.8) is 0 Å². The molecule has 1 radical (unpaired) electrons. The topological polar surface area (TPSA) is 43.9 Å². The molecular formula is C53H39IrN3O-2. The Kier molecular flexibility index (Phi) is 10.0. The Balaban J connectivity index is 0.000000255. The van der Waals surface area contributed by atoms with Crippen LogP contribution in [0.5, 0.6) is 0 Å². The largest absolute Gasteiger partial charge is 0.557 e. The summed E-state index contributed by atoms with van der Waals surface area (Å²) >= 11 is 0. The predicted octanol–water partition coefficient (Wildman–Crippen LogP) is 13.7. The van der Waals surface area contributed by atoms with Gasteiger partial charge >= 0.3 is 0 Å². The maximum Gasteiger partial charge on any atom is 0.0774 e. The van der Waals surface area contributed by atoms with Crippen LogP contribution in [0.4, 0.5) is 0 Å². The summed E-state index contributed by atoms with van der Waals surface area (Å²) in [5, 5.41) is 0.986. The minimum atomic E-state index is -2.09. The maximum absolute atomic E-state index is 7.23. The van der Waals surface area contributed by atoms with Crippen LogP contribution in [0.15, 0.2) is 187 Å². The minimum Gasteiger partial charge on any atom is -0.557 e. The van der Waals surface area contributed by atoms with E-state index in [1.54, 1.807) is 18.2 Å². The van der Waals surface area contributed by atoms with Crippen molar-refractivity contribution in [2.24, 2.45) is 0 Å². The Morgan fingerprint density at radius 1 is 0.638 bits per heavy atom. The molecule has 0 unspecified atom stereocenters. The number of para-hydroxylation sites is 3. The van der Waals surface area contributed by atoms with Crippen molar-refractivity contribution < 1.29 is 28.6 Å². The first-order valence-corrected chi connectivity index (χ1v) is 18.9. The van der Waals surface area contributed by atoms with Gasteiger partial charge in [0.1, 0.15) is 0 Å². The van der Waals surface area contributed by atoms with Gasteiger partial charge in [-0.15, -0.1) is 35.9 Å². The Morgan fingerprint density at radius 3 is 1.97 bits per heavy atom. The van der Waals surface area contributed by atoms with E-state index in [4.69, 9.17) is 13.5 Å². The summed E-state index contributed by atoms with van der Waals surface area (Å²) in [6.45, 7) is 2.24. The molecule has 4 nitrogen and oxygen atoms in total. The molecule has 283 valence electrons. The number of aromatic nitrogens is 3. The third kappa shape index (κ3) is 7.46. The number of imidazole rings is 1. The molecule has 0 bridgehead atoms. The van der Waals surface area contributed by atoms with Crippen LogP contribution in [-0.4, -0.2) is 14.5 Å². The van der Waals surface area contributed by atoms with Crippen LogP contribution in [0.1, 0.15) is 20.8 Å². The Bertz CT molecular complexity index is 3010. The first-order valence-electron chi connectivity index (χ1n) is 20.4. The zero-order valence-corrected chi connectivity index (χ0v) is 34.3. The fraction of sp³-hybridized carbons (Fsp3) is 0.0566. The number of aryl methyl sites for hydroxylation is 3. The van der Waals surface area contributed by atoms with Gasteiger partial charge in [0.15, 0.2) is 0 Å². The summed E-state index contributed by atoms with van der Waals surface area (Å²) < 4.78 is 30.1. The quantitative estimate of drug-likeness (QED) is 0.156. The molecular weight excluding hydrogens is 887 g/mol. The molecule has 5 heteroatoms. The summed E-state index contributed by atoms with van der Waals surface area (Å²) in [7, 11) is 0. The summed E-state index contributed by atoms with van der Waals surface area (Å²) in [6, 6.07) is 62.7. The normalized spacial score (nSPS) is 11.9. The van der Waals surface area contributed by atoms with Crippen LogP contribution in [-0.2, 0) is 20.1 Å². The second-order valence-electron chi connectivity index (χ2n) is 14.0. The van der Waals surface area contributed by atoms with Gasteiger partial charge in [-0.1, -0.05) is 150 Å². The number of rotatable bonds is 6. The minimum absolute atomic E-state index is 0. The summed E-state index contributed by atoms with van der Waals surface area (Å²) in [4.78, 5) is 9.38. The molecule has 0 atom stereocenters. The average molecular weight is 929 g/mol. The van der Waals surface area contributed by atoms with E-state index < -0.39 is 6.85 Å². The molecule has 0 aliphatic carbocycles. The first kappa shape index (κ1) is 34.6. The number of fused-ring (bicyclic) bond motifs is 2. The monoisotopic (exact) mass is 929 g/mol. The Morgan fingerprint density at radius 2 is 1.31 bits per heavy atom. The molecule has 0 fully saturated rings. The van der Waals surface area contributed by atoms with E-state index in [1.165, 1.54) is 22.9 Å². The molecule has 0 amide bonds. The van der Waals surface area contributed by atoms with Crippen LogP contribution < -0.4 is 0 Å². The molecule has 0 aliphatic heterocycles. The molecule has 0 spiro atoms. The fourth-order valence-electron chi connectivity index (χ4n) is 7.58. The van der Waals surface area contributed by atoms with Gasteiger partial charge in [0.25, 0.3) is 0 Å². The second-order valence-corrected chi connectivity index (χ2v) is 14.0. The van der Waals surface area contributed by atoms with Gasteiger partial charge in [-0.25, -0.2) is 0 Å². The van der Waals surface area contributed by atoms with Gasteiger partial charge in [0, 0.05) is 53.4 Å². The van der Waals surface area contributed by atoms with Gasteiger partial charge in [0.2, 0.25) is 0 Å². The van der Waals surface area contributed by atoms with E-state index >= 15 is 0 Å². The molecule has 10 rings (SSSR count). The first-order chi connectivity index (χ1) is 29.2. The second kappa shape index (κ2) is 16.8. The van der Waals surface area contributed by atoms with Crippen LogP contribution >= 0.6 is 0 Å². The van der Waals surface area contributed by atoms with E-state index in [1.807, 2.05) is 24.3 Å². The van der Waals surface area contributed by atoms with Crippen molar-refractivity contribution in [1.82, 2.24) is 14.5 Å². The van der Waals surface area contributed by atoms with Crippen LogP contribution in [0, 0.1) is 33.0 Å². The average Bonchev–Trinajstić information content (AvgIpc) is 3.88. The number of nitrogens with zero attached hydrogens (tertiary/aromatic N) is 3. The maximum atomic E-state index is 7.23. The SMILES string of the molecule is Cc1cccc(C)c1-c1ccc2o[c-]c(-c3nc4ccccc4n3-c3c(-c4ccccc4)cccc3-c3ccccc3)c2c1.[2H]C([2H])([2H])c1ccc(-c2[c-]cccc2)nc1.[Ir]. The molecule has 3 heterocycles. The molecule has 0 aliphatic rings. The smallest absolute Gasteiger partial charge is 0.0774 e. The zero-order chi connectivity index (χ0) is 41.2. The Hall–Kier alpha value is -6.65. The van der Waals surface area contributed by atoms with Gasteiger partial charge < -0.3 is 14.0 Å². The number of furan rings is 1. The molecule has 10 aromatic rings. The van der Waals surface area contributed by atoms with Crippen LogP contribution in [0.2, 0.25) is 0 Å². The predicted molar refractivity (Wildman–Crippen MR) is 234 cm³/mol. The van der Waals surface area contributed by atoms with Crippen molar-refractivity contribution in [2.45, 2.75) is 20.7 Å². The number of hydrogen-bond acceptors (Lipinski definition) is 3. The van der Waals surface area contributed by atoms with Crippen molar-refractivity contribution in [3.8, 4) is 61.7 Å². The van der Waals surface area contributed by atoms with Crippen molar-refractivity contribution >= 4 is 22.0 Å². The van der Waals surface area contributed by atoms with Gasteiger partial charge in [0.05, 0.1) is 22.5 Å². The Labute approximate surface area is 357 Å². The molecule has 0 saturated heterocycles. The van der Waals surface area contributed by atoms with Crippen molar-refractivity contribution in [3.05, 3.63) is 211 Å². The van der Waals surface area contributed by atoms with Gasteiger partial charge in [-0.05, 0) is 77.5 Å². The van der Waals surface area contributed by atoms with Crippen molar-refractivity contribution in [2.75, 3.05) is 0 Å². The number of pyridine rings is 1. The van der Waals surface area contributed by atoms with Crippen LogP contribution in [0.3, 0.4) is 0 Å². The van der Waals surface area contributed by atoms with E-state index in [-0.39, 0.29) is 25.7 Å². The third-order valence-corrected chi connectivity index (χ3v) is 10.2. The zero-order valence-electron chi connectivity index (χ0n) is 34.9. The van der Waals surface area contributed by atoms with Crippen LogP contribution in [0.25, 0.3) is 83.7 Å². The summed E-state index contributed by atoms with van der Waals surface area (Å²) in [6.07, 6.45) is 4.66. The number of benzene rings is 7. The molecule has 0 saturated carbocycles. The molecule has 7 aromatic carbocycles. The molecule has 58 heavy (non-hydrogen) atoms.